The molecule has 0 aliphatic heterocycles. The van der Waals surface area contributed by atoms with E-state index in [2.05, 4.69) is 49.5 Å². The summed E-state index contributed by atoms with van der Waals surface area (Å²) in [4.78, 5) is 4.33. The molecule has 0 aliphatic carbocycles. The summed E-state index contributed by atoms with van der Waals surface area (Å²) in [5.74, 6) is 0.255. The molecule has 0 saturated heterocycles. The van der Waals surface area contributed by atoms with Crippen LogP contribution in [0.2, 0.25) is 0 Å². The normalized spacial score (nSPS) is 11.3. The first-order chi connectivity index (χ1) is 12.3. The number of pyridine rings is 1. The van der Waals surface area contributed by atoms with E-state index in [1.807, 2.05) is 6.92 Å². The fraction of sp³-hybridized carbons (Fsp3) is 0.222. The number of aromatic nitrogens is 3. The van der Waals surface area contributed by atoms with Gasteiger partial charge in [0.1, 0.15) is 10.7 Å². The SMILES string of the molecule is Cc1ccc(CNc2ccc(NS(=O)(=O)c3c(C)n[nH]c3C)nc2)cc1. The van der Waals surface area contributed by atoms with Gasteiger partial charge in [-0.2, -0.15) is 5.10 Å². The number of hydrogen-bond acceptors (Lipinski definition) is 5. The van der Waals surface area contributed by atoms with Gasteiger partial charge in [-0.25, -0.2) is 13.4 Å². The van der Waals surface area contributed by atoms with Crippen molar-refractivity contribution in [3.63, 3.8) is 0 Å². The Bertz CT molecular complexity index is 974. The summed E-state index contributed by atoms with van der Waals surface area (Å²) in [5.41, 5.74) is 4.10. The molecule has 0 spiro atoms. The summed E-state index contributed by atoms with van der Waals surface area (Å²) in [6.07, 6.45) is 1.60. The molecule has 1 aromatic carbocycles. The van der Waals surface area contributed by atoms with Crippen molar-refractivity contribution in [1.29, 1.82) is 0 Å². The summed E-state index contributed by atoms with van der Waals surface area (Å²) in [7, 11) is -3.73. The van der Waals surface area contributed by atoms with Crippen LogP contribution in [0.25, 0.3) is 0 Å². The van der Waals surface area contributed by atoms with Gasteiger partial charge in [0.15, 0.2) is 0 Å². The topological polar surface area (TPSA) is 99.8 Å². The van der Waals surface area contributed by atoms with Gasteiger partial charge in [-0.1, -0.05) is 29.8 Å². The molecule has 3 aromatic rings. The maximum atomic E-state index is 12.5. The predicted octanol–water partition coefficient (Wildman–Crippen LogP) is 3.14. The van der Waals surface area contributed by atoms with Crippen molar-refractivity contribution in [1.82, 2.24) is 15.2 Å². The van der Waals surface area contributed by atoms with Gasteiger partial charge in [-0.05, 0) is 38.5 Å². The summed E-state index contributed by atoms with van der Waals surface area (Å²) < 4.78 is 27.5. The lowest BCUT2D eigenvalue weighted by atomic mass is 10.1. The molecule has 0 atom stereocenters. The monoisotopic (exact) mass is 371 g/mol. The highest BCUT2D eigenvalue weighted by Gasteiger charge is 2.22. The maximum absolute atomic E-state index is 12.5. The van der Waals surface area contributed by atoms with Gasteiger partial charge in [0.05, 0.1) is 23.3 Å². The molecule has 3 rings (SSSR count). The van der Waals surface area contributed by atoms with Crippen molar-refractivity contribution in [3.05, 3.63) is 65.1 Å². The first kappa shape index (κ1) is 17.9. The second kappa shape index (κ2) is 7.17. The van der Waals surface area contributed by atoms with Gasteiger partial charge < -0.3 is 5.32 Å². The average molecular weight is 371 g/mol. The highest BCUT2D eigenvalue weighted by atomic mass is 32.2. The van der Waals surface area contributed by atoms with Crippen LogP contribution in [0.4, 0.5) is 11.5 Å². The molecule has 0 bridgehead atoms. The number of rotatable bonds is 6. The molecule has 2 heterocycles. The largest absolute Gasteiger partial charge is 0.380 e. The number of sulfonamides is 1. The van der Waals surface area contributed by atoms with E-state index in [4.69, 9.17) is 0 Å². The molecule has 0 aliphatic rings. The van der Waals surface area contributed by atoms with E-state index >= 15 is 0 Å². The van der Waals surface area contributed by atoms with Crippen molar-refractivity contribution >= 4 is 21.5 Å². The number of hydrogen-bond donors (Lipinski definition) is 3. The lowest BCUT2D eigenvalue weighted by molar-refractivity contribution is 0.600. The van der Waals surface area contributed by atoms with Crippen LogP contribution >= 0.6 is 0 Å². The zero-order valence-electron chi connectivity index (χ0n) is 14.9. The molecule has 2 aromatic heterocycles. The first-order valence-electron chi connectivity index (χ1n) is 8.15. The number of aryl methyl sites for hydroxylation is 3. The number of nitrogens with one attached hydrogen (secondary N) is 3. The van der Waals surface area contributed by atoms with Crippen molar-refractivity contribution in [2.75, 3.05) is 10.0 Å². The van der Waals surface area contributed by atoms with Crippen LogP contribution in [0.5, 0.6) is 0 Å². The number of H-pyrrole nitrogens is 1. The van der Waals surface area contributed by atoms with Crippen LogP contribution in [-0.4, -0.2) is 23.6 Å². The molecule has 0 saturated carbocycles. The Labute approximate surface area is 152 Å². The molecule has 0 unspecified atom stereocenters. The van der Waals surface area contributed by atoms with Crippen LogP contribution in [0.1, 0.15) is 22.5 Å². The standard InChI is InChI=1S/C18H21N5O2S/c1-12-4-6-15(7-5-12)10-19-16-8-9-17(20-11-16)23-26(24,25)18-13(2)21-22-14(18)3/h4-9,11,19H,10H2,1-3H3,(H,20,23)(H,21,22). The van der Waals surface area contributed by atoms with Crippen molar-refractivity contribution in [2.45, 2.75) is 32.2 Å². The van der Waals surface area contributed by atoms with E-state index in [0.717, 1.165) is 11.3 Å². The average Bonchev–Trinajstić information content (AvgIpc) is 2.95. The Morgan fingerprint density at radius 3 is 2.35 bits per heavy atom. The Kier molecular flexibility index (Phi) is 4.94. The van der Waals surface area contributed by atoms with Gasteiger partial charge >= 0.3 is 0 Å². The van der Waals surface area contributed by atoms with E-state index in [1.165, 1.54) is 5.56 Å². The van der Waals surface area contributed by atoms with Crippen LogP contribution in [0, 0.1) is 20.8 Å². The molecule has 136 valence electrons. The maximum Gasteiger partial charge on any atom is 0.266 e. The van der Waals surface area contributed by atoms with Crippen LogP contribution < -0.4 is 10.0 Å². The molecular weight excluding hydrogens is 350 g/mol. The molecule has 7 nitrogen and oxygen atoms in total. The molecule has 0 fully saturated rings. The minimum atomic E-state index is -3.73. The van der Waals surface area contributed by atoms with E-state index < -0.39 is 10.0 Å². The van der Waals surface area contributed by atoms with Crippen molar-refractivity contribution in [2.24, 2.45) is 0 Å². The molecule has 26 heavy (non-hydrogen) atoms. The van der Waals surface area contributed by atoms with Crippen LogP contribution in [0.15, 0.2) is 47.5 Å². The fourth-order valence-corrected chi connectivity index (χ4v) is 3.98. The van der Waals surface area contributed by atoms with Crippen LogP contribution in [-0.2, 0) is 16.6 Å². The van der Waals surface area contributed by atoms with E-state index in [1.54, 1.807) is 32.2 Å². The summed E-state index contributed by atoms with van der Waals surface area (Å²) in [6.45, 7) is 6.03. The van der Waals surface area contributed by atoms with E-state index in [9.17, 15) is 8.42 Å². The summed E-state index contributed by atoms with van der Waals surface area (Å²) >= 11 is 0. The first-order valence-corrected chi connectivity index (χ1v) is 9.63. The Balaban J connectivity index is 1.67. The zero-order valence-corrected chi connectivity index (χ0v) is 15.7. The third kappa shape index (κ3) is 4.02. The summed E-state index contributed by atoms with van der Waals surface area (Å²) in [6, 6.07) is 11.7. The molecule has 0 amide bonds. The van der Waals surface area contributed by atoms with Gasteiger partial charge in [0, 0.05) is 6.54 Å². The minimum Gasteiger partial charge on any atom is -0.380 e. The minimum absolute atomic E-state index is 0.154. The fourth-order valence-electron chi connectivity index (χ4n) is 2.59. The smallest absolute Gasteiger partial charge is 0.266 e. The number of nitrogens with zero attached hydrogens (tertiary/aromatic N) is 2. The lowest BCUT2D eigenvalue weighted by Crippen LogP contribution is -2.15. The van der Waals surface area contributed by atoms with Gasteiger partial charge in [-0.3, -0.25) is 9.82 Å². The lowest BCUT2D eigenvalue weighted by Gasteiger charge is -2.09. The molecule has 0 radical (unpaired) electrons. The Hall–Kier alpha value is -2.87. The van der Waals surface area contributed by atoms with Gasteiger partial charge in [0.2, 0.25) is 0 Å². The second-order valence-corrected chi connectivity index (χ2v) is 7.76. The van der Waals surface area contributed by atoms with Crippen molar-refractivity contribution < 1.29 is 8.42 Å². The number of aromatic amines is 1. The van der Waals surface area contributed by atoms with Crippen molar-refractivity contribution in [3.8, 4) is 0 Å². The Morgan fingerprint density at radius 1 is 1.04 bits per heavy atom. The van der Waals surface area contributed by atoms with E-state index in [0.29, 0.717) is 17.9 Å². The van der Waals surface area contributed by atoms with E-state index in [-0.39, 0.29) is 10.7 Å². The van der Waals surface area contributed by atoms with Gasteiger partial charge in [-0.15, -0.1) is 0 Å². The van der Waals surface area contributed by atoms with Crippen LogP contribution in [0.3, 0.4) is 0 Å². The Morgan fingerprint density at radius 2 is 1.77 bits per heavy atom. The second-order valence-electron chi connectivity index (χ2n) is 6.14. The van der Waals surface area contributed by atoms with Gasteiger partial charge in [0.25, 0.3) is 10.0 Å². The highest BCUT2D eigenvalue weighted by molar-refractivity contribution is 7.92. The third-order valence-corrected chi connectivity index (χ3v) is 5.57. The molecule has 3 N–H and O–H groups in total. The number of benzene rings is 1. The molecule has 8 heteroatoms. The highest BCUT2D eigenvalue weighted by Crippen LogP contribution is 2.20. The predicted molar refractivity (Wildman–Crippen MR) is 102 cm³/mol. The number of anilines is 2. The zero-order chi connectivity index (χ0) is 18.7. The molecular formula is C18H21N5O2S. The summed E-state index contributed by atoms with van der Waals surface area (Å²) in [5, 5.41) is 9.86. The quantitative estimate of drug-likeness (QED) is 0.618. The third-order valence-electron chi connectivity index (χ3n) is 3.95.